The molecule has 0 radical (unpaired) electrons. The molecule has 4 rings (SSSR count). The van der Waals surface area contributed by atoms with Crippen LogP contribution < -0.4 is 10.6 Å². The van der Waals surface area contributed by atoms with Gasteiger partial charge >= 0.3 is 12.0 Å². The summed E-state index contributed by atoms with van der Waals surface area (Å²) in [4.78, 5) is 37.6. The van der Waals surface area contributed by atoms with E-state index < -0.39 is 24.0 Å². The Morgan fingerprint density at radius 3 is 2.77 bits per heavy atom. The smallest absolute Gasteiger partial charge is 0.349 e. The van der Waals surface area contributed by atoms with Crippen LogP contribution in [0.25, 0.3) is 10.2 Å². The van der Waals surface area contributed by atoms with Crippen molar-refractivity contribution in [2.75, 3.05) is 0 Å². The maximum absolute atomic E-state index is 12.6. The number of amides is 3. The number of urea groups is 1. The molecule has 1 unspecified atom stereocenters. The Morgan fingerprint density at radius 1 is 1.32 bits per heavy atom. The van der Waals surface area contributed by atoms with Crippen LogP contribution in [0.5, 0.6) is 0 Å². The van der Waals surface area contributed by atoms with Crippen molar-refractivity contribution in [1.82, 2.24) is 20.4 Å². The highest BCUT2D eigenvalue weighted by Gasteiger charge is 2.27. The van der Waals surface area contributed by atoms with Crippen LogP contribution in [0.4, 0.5) is 4.79 Å². The van der Waals surface area contributed by atoms with Gasteiger partial charge < -0.3 is 10.1 Å². The van der Waals surface area contributed by atoms with Crippen LogP contribution in [0.15, 0.2) is 30.3 Å². The van der Waals surface area contributed by atoms with Gasteiger partial charge in [0.2, 0.25) is 0 Å². The van der Waals surface area contributed by atoms with Gasteiger partial charge in [-0.15, -0.1) is 11.3 Å². The number of aromatic nitrogens is 2. The predicted octanol–water partition coefficient (Wildman–Crippen LogP) is 3.64. The second kappa shape index (κ2) is 8.68. The van der Waals surface area contributed by atoms with Crippen LogP contribution in [0, 0.1) is 6.92 Å². The minimum absolute atomic E-state index is 0.123. The maximum Gasteiger partial charge on any atom is 0.349 e. The van der Waals surface area contributed by atoms with Gasteiger partial charge in [-0.05, 0) is 44.4 Å². The summed E-state index contributed by atoms with van der Waals surface area (Å²) in [6, 6.07) is 8.76. The second-order valence-corrected chi connectivity index (χ2v) is 8.89. The van der Waals surface area contributed by atoms with Crippen molar-refractivity contribution in [1.29, 1.82) is 0 Å². The van der Waals surface area contributed by atoms with Crippen molar-refractivity contribution < 1.29 is 19.1 Å². The lowest BCUT2D eigenvalue weighted by Crippen LogP contribution is -2.45. The highest BCUT2D eigenvalue weighted by molar-refractivity contribution is 7.20. The summed E-state index contributed by atoms with van der Waals surface area (Å²) in [6.07, 6.45) is 0.708. The Hall–Kier alpha value is -2.91. The first-order valence-electron chi connectivity index (χ1n) is 9.84. The van der Waals surface area contributed by atoms with Crippen molar-refractivity contribution in [2.24, 2.45) is 0 Å². The summed E-state index contributed by atoms with van der Waals surface area (Å²) in [5.74, 6) is -1.30. The zero-order valence-corrected chi connectivity index (χ0v) is 18.5. The molecule has 0 saturated heterocycles. The van der Waals surface area contributed by atoms with E-state index in [1.807, 2.05) is 31.2 Å². The Morgan fingerprint density at radius 2 is 2.06 bits per heavy atom. The Balaban J connectivity index is 1.45. The molecule has 162 valence electrons. The molecule has 2 heterocycles. The first-order valence-corrected chi connectivity index (χ1v) is 11.0. The van der Waals surface area contributed by atoms with Gasteiger partial charge in [0, 0.05) is 16.5 Å². The minimum Gasteiger partial charge on any atom is -0.448 e. The first kappa shape index (κ1) is 21.3. The molecule has 10 heteroatoms. The lowest BCUT2D eigenvalue weighted by Gasteiger charge is -2.12. The standard InChI is InChI=1S/C21H21ClN4O4S/c1-11-15-9-17(20(28)30-12(2)18(27)24-21(29)23-14-7-8-14)31-19(15)26(25-11)10-13-5-3-4-6-16(13)22/h3-6,9,12,14H,7-8,10H2,1-2H3,(H2,23,24,27,29). The predicted molar refractivity (Wildman–Crippen MR) is 117 cm³/mol. The summed E-state index contributed by atoms with van der Waals surface area (Å²) in [7, 11) is 0. The number of halogens is 1. The molecule has 3 amide bonds. The molecule has 0 spiro atoms. The monoisotopic (exact) mass is 460 g/mol. The molecule has 0 bridgehead atoms. The van der Waals surface area contributed by atoms with Gasteiger partial charge in [-0.2, -0.15) is 5.10 Å². The van der Waals surface area contributed by atoms with Crippen LogP contribution in [-0.2, 0) is 16.1 Å². The van der Waals surface area contributed by atoms with Crippen molar-refractivity contribution >= 4 is 51.1 Å². The molecule has 1 atom stereocenters. The van der Waals surface area contributed by atoms with Crippen LogP contribution in [-0.4, -0.2) is 39.8 Å². The van der Waals surface area contributed by atoms with E-state index in [2.05, 4.69) is 15.7 Å². The van der Waals surface area contributed by atoms with Crippen molar-refractivity contribution in [2.45, 2.75) is 45.4 Å². The van der Waals surface area contributed by atoms with E-state index in [-0.39, 0.29) is 6.04 Å². The number of nitrogens with one attached hydrogen (secondary N) is 2. The van der Waals surface area contributed by atoms with Crippen LogP contribution >= 0.6 is 22.9 Å². The number of carbonyl (C=O) groups is 3. The van der Waals surface area contributed by atoms with Crippen molar-refractivity contribution in [3.63, 3.8) is 0 Å². The molecular weight excluding hydrogens is 440 g/mol. The lowest BCUT2D eigenvalue weighted by molar-refractivity contribution is -0.127. The highest BCUT2D eigenvalue weighted by atomic mass is 35.5. The molecule has 2 N–H and O–H groups in total. The number of nitrogens with zero attached hydrogens (tertiary/aromatic N) is 2. The normalized spacial score (nSPS) is 14.3. The largest absolute Gasteiger partial charge is 0.448 e. The van der Waals surface area contributed by atoms with Gasteiger partial charge in [0.1, 0.15) is 9.71 Å². The number of hydrogen-bond acceptors (Lipinski definition) is 6. The number of ether oxygens (including phenoxy) is 1. The molecule has 2 aromatic heterocycles. The number of rotatable bonds is 6. The Labute approximate surface area is 187 Å². The number of imide groups is 1. The van der Waals surface area contributed by atoms with E-state index in [9.17, 15) is 14.4 Å². The van der Waals surface area contributed by atoms with Crippen LogP contribution in [0.2, 0.25) is 5.02 Å². The molecule has 1 fully saturated rings. The molecule has 1 aliphatic carbocycles. The maximum atomic E-state index is 12.6. The topological polar surface area (TPSA) is 102 Å². The number of fused-ring (bicyclic) bond motifs is 1. The molecule has 1 saturated carbocycles. The number of aryl methyl sites for hydroxylation is 1. The van der Waals surface area contributed by atoms with Gasteiger partial charge in [-0.25, -0.2) is 9.59 Å². The summed E-state index contributed by atoms with van der Waals surface area (Å²) in [5.41, 5.74) is 1.70. The summed E-state index contributed by atoms with van der Waals surface area (Å²) in [6.45, 7) is 3.76. The molecule has 8 nitrogen and oxygen atoms in total. The number of thiophene rings is 1. The fourth-order valence-electron chi connectivity index (χ4n) is 3.04. The average molecular weight is 461 g/mol. The van der Waals surface area contributed by atoms with Gasteiger partial charge in [0.25, 0.3) is 5.91 Å². The zero-order valence-electron chi connectivity index (χ0n) is 17.0. The van der Waals surface area contributed by atoms with E-state index in [4.69, 9.17) is 16.3 Å². The SMILES string of the molecule is Cc1nn(Cc2ccccc2Cl)c2sc(C(=O)OC(C)C(=O)NC(=O)NC3CC3)cc12. The summed E-state index contributed by atoms with van der Waals surface area (Å²) in [5, 5.41) is 10.9. The van der Waals surface area contributed by atoms with E-state index in [1.165, 1.54) is 18.3 Å². The number of carbonyl (C=O) groups excluding carboxylic acids is 3. The van der Waals surface area contributed by atoms with Gasteiger partial charge in [-0.1, -0.05) is 29.8 Å². The van der Waals surface area contributed by atoms with Gasteiger partial charge in [0.05, 0.1) is 12.2 Å². The van der Waals surface area contributed by atoms with E-state index in [0.717, 1.165) is 34.3 Å². The van der Waals surface area contributed by atoms with Crippen LogP contribution in [0.3, 0.4) is 0 Å². The van der Waals surface area contributed by atoms with Gasteiger partial charge in [0.15, 0.2) is 6.10 Å². The Kier molecular flexibility index (Phi) is 5.97. The third-order valence-electron chi connectivity index (χ3n) is 4.89. The van der Waals surface area contributed by atoms with Crippen molar-refractivity contribution in [3.8, 4) is 0 Å². The molecular formula is C21H21ClN4O4S. The minimum atomic E-state index is -1.11. The van der Waals surface area contributed by atoms with E-state index in [1.54, 1.807) is 10.7 Å². The van der Waals surface area contributed by atoms with Crippen LogP contribution in [0.1, 0.15) is 40.7 Å². The highest BCUT2D eigenvalue weighted by Crippen LogP contribution is 2.30. The third kappa shape index (κ3) is 4.88. The van der Waals surface area contributed by atoms with Gasteiger partial charge in [-0.3, -0.25) is 14.8 Å². The lowest BCUT2D eigenvalue weighted by atomic mass is 10.2. The fourth-order valence-corrected chi connectivity index (χ4v) is 4.28. The average Bonchev–Trinajstić information content (AvgIpc) is 3.33. The summed E-state index contributed by atoms with van der Waals surface area (Å²) >= 11 is 7.50. The molecule has 31 heavy (non-hydrogen) atoms. The van der Waals surface area contributed by atoms with E-state index >= 15 is 0 Å². The van der Waals surface area contributed by atoms with E-state index in [0.29, 0.717) is 16.4 Å². The third-order valence-corrected chi connectivity index (χ3v) is 6.39. The second-order valence-electron chi connectivity index (χ2n) is 7.45. The Bertz CT molecular complexity index is 1170. The molecule has 0 aliphatic heterocycles. The quantitative estimate of drug-likeness (QED) is 0.547. The fraction of sp³-hybridized carbons (Fsp3) is 0.333. The zero-order chi connectivity index (χ0) is 22.1. The molecule has 1 aromatic carbocycles. The number of esters is 1. The number of benzene rings is 1. The molecule has 3 aromatic rings. The summed E-state index contributed by atoms with van der Waals surface area (Å²) < 4.78 is 7.06. The van der Waals surface area contributed by atoms with Crippen molar-refractivity contribution in [3.05, 3.63) is 51.5 Å². The molecule has 1 aliphatic rings. The first-order chi connectivity index (χ1) is 14.8. The number of hydrogen-bond donors (Lipinski definition) is 2.